The molecule has 1 heterocycles. The lowest BCUT2D eigenvalue weighted by Gasteiger charge is -2.23. The van der Waals surface area contributed by atoms with Crippen LogP contribution in [0.5, 0.6) is 0 Å². The van der Waals surface area contributed by atoms with E-state index < -0.39 is 12.0 Å². The van der Waals surface area contributed by atoms with Gasteiger partial charge in [0.05, 0.1) is 28.6 Å². The van der Waals surface area contributed by atoms with Gasteiger partial charge in [0.1, 0.15) is 6.07 Å². The van der Waals surface area contributed by atoms with Gasteiger partial charge in [-0.1, -0.05) is 41.9 Å². The fourth-order valence-electron chi connectivity index (χ4n) is 3.20. The van der Waals surface area contributed by atoms with Crippen LogP contribution in [0.2, 0.25) is 5.02 Å². The lowest BCUT2D eigenvalue weighted by atomic mass is 9.94. The Morgan fingerprint density at radius 3 is 2.58 bits per heavy atom. The molecule has 1 fully saturated rings. The third-order valence-corrected chi connectivity index (χ3v) is 4.83. The van der Waals surface area contributed by atoms with Crippen LogP contribution in [0.3, 0.4) is 0 Å². The SMILES string of the molecule is CC1C(O)C(Cc2ccccc2)C(=O)N1c1ccc(C#N)c(Cl)c1. The first-order valence-electron chi connectivity index (χ1n) is 7.77. The Kier molecular flexibility index (Phi) is 4.57. The first kappa shape index (κ1) is 16.5. The number of rotatable bonds is 3. The van der Waals surface area contributed by atoms with Gasteiger partial charge in [0.15, 0.2) is 0 Å². The van der Waals surface area contributed by atoms with Crippen molar-refractivity contribution in [2.24, 2.45) is 5.92 Å². The molecule has 24 heavy (non-hydrogen) atoms. The number of hydrogen-bond donors (Lipinski definition) is 1. The predicted octanol–water partition coefficient (Wildman–Crippen LogP) is 3.17. The van der Waals surface area contributed by atoms with Crippen LogP contribution in [0.15, 0.2) is 48.5 Å². The van der Waals surface area contributed by atoms with Gasteiger partial charge in [0, 0.05) is 5.69 Å². The largest absolute Gasteiger partial charge is 0.390 e. The maximum atomic E-state index is 12.9. The van der Waals surface area contributed by atoms with Gasteiger partial charge in [-0.2, -0.15) is 5.26 Å². The predicted molar refractivity (Wildman–Crippen MR) is 92.8 cm³/mol. The van der Waals surface area contributed by atoms with Gasteiger partial charge in [0.25, 0.3) is 0 Å². The van der Waals surface area contributed by atoms with Crippen molar-refractivity contribution in [3.63, 3.8) is 0 Å². The Morgan fingerprint density at radius 1 is 1.25 bits per heavy atom. The topological polar surface area (TPSA) is 64.3 Å². The molecule has 0 aromatic heterocycles. The Balaban J connectivity index is 1.89. The summed E-state index contributed by atoms with van der Waals surface area (Å²) in [6, 6.07) is 16.2. The van der Waals surface area contributed by atoms with Crippen LogP contribution in [0.25, 0.3) is 0 Å². The summed E-state index contributed by atoms with van der Waals surface area (Å²) in [6.45, 7) is 1.82. The Labute approximate surface area is 145 Å². The van der Waals surface area contributed by atoms with E-state index in [0.29, 0.717) is 22.7 Å². The number of halogens is 1. The smallest absolute Gasteiger partial charge is 0.233 e. The van der Waals surface area contributed by atoms with E-state index in [2.05, 4.69) is 0 Å². The molecule has 3 unspecified atom stereocenters. The zero-order chi connectivity index (χ0) is 17.3. The van der Waals surface area contributed by atoms with E-state index in [0.717, 1.165) is 5.56 Å². The number of aliphatic hydroxyl groups is 1. The maximum Gasteiger partial charge on any atom is 0.233 e. The van der Waals surface area contributed by atoms with Crippen molar-refractivity contribution in [1.82, 2.24) is 0 Å². The minimum absolute atomic E-state index is 0.125. The van der Waals surface area contributed by atoms with Crippen molar-refractivity contribution in [1.29, 1.82) is 5.26 Å². The molecule has 2 aromatic rings. The molecule has 4 nitrogen and oxygen atoms in total. The van der Waals surface area contributed by atoms with Gasteiger partial charge in [-0.3, -0.25) is 4.79 Å². The standard InChI is InChI=1S/C19H17ClN2O2/c1-12-18(23)16(9-13-5-3-2-4-6-13)19(24)22(12)15-8-7-14(11-21)17(20)10-15/h2-8,10,12,16,18,23H,9H2,1H3. The molecule has 0 aliphatic carbocycles. The van der Waals surface area contributed by atoms with Crippen molar-refractivity contribution < 1.29 is 9.90 Å². The molecular weight excluding hydrogens is 324 g/mol. The average Bonchev–Trinajstić information content (AvgIpc) is 2.79. The van der Waals surface area contributed by atoms with E-state index in [9.17, 15) is 9.90 Å². The van der Waals surface area contributed by atoms with E-state index in [1.54, 1.807) is 23.1 Å². The summed E-state index contributed by atoms with van der Waals surface area (Å²) in [5, 5.41) is 19.8. The summed E-state index contributed by atoms with van der Waals surface area (Å²) in [7, 11) is 0. The molecule has 1 aliphatic heterocycles. The van der Waals surface area contributed by atoms with Crippen LogP contribution in [-0.4, -0.2) is 23.2 Å². The molecule has 0 spiro atoms. The van der Waals surface area contributed by atoms with Crippen molar-refractivity contribution in [3.8, 4) is 6.07 Å². The second-order valence-electron chi connectivity index (χ2n) is 6.01. The minimum Gasteiger partial charge on any atom is -0.390 e. The number of amides is 1. The fourth-order valence-corrected chi connectivity index (χ4v) is 3.41. The van der Waals surface area contributed by atoms with E-state index in [1.165, 1.54) is 0 Å². The highest BCUT2D eigenvalue weighted by atomic mass is 35.5. The molecule has 1 aliphatic rings. The monoisotopic (exact) mass is 340 g/mol. The molecule has 2 aromatic carbocycles. The van der Waals surface area contributed by atoms with Crippen molar-refractivity contribution in [2.75, 3.05) is 4.90 Å². The molecule has 3 atom stereocenters. The lowest BCUT2D eigenvalue weighted by Crippen LogP contribution is -2.34. The van der Waals surface area contributed by atoms with Crippen LogP contribution in [-0.2, 0) is 11.2 Å². The first-order chi connectivity index (χ1) is 11.5. The van der Waals surface area contributed by atoms with Crippen LogP contribution >= 0.6 is 11.6 Å². The molecule has 0 saturated carbocycles. The number of anilines is 1. The van der Waals surface area contributed by atoms with Crippen molar-refractivity contribution >= 4 is 23.2 Å². The number of carbonyl (C=O) groups excluding carboxylic acids is 1. The highest BCUT2D eigenvalue weighted by molar-refractivity contribution is 6.32. The molecule has 5 heteroatoms. The van der Waals surface area contributed by atoms with E-state index in [1.807, 2.05) is 43.3 Å². The summed E-state index contributed by atoms with van der Waals surface area (Å²) in [4.78, 5) is 14.4. The highest BCUT2D eigenvalue weighted by Crippen LogP contribution is 2.34. The van der Waals surface area contributed by atoms with E-state index in [4.69, 9.17) is 16.9 Å². The van der Waals surface area contributed by atoms with Gasteiger partial charge in [-0.05, 0) is 37.1 Å². The third-order valence-electron chi connectivity index (χ3n) is 4.52. The summed E-state index contributed by atoms with van der Waals surface area (Å²) in [6.07, 6.45) is -0.266. The number of carbonyl (C=O) groups is 1. The molecule has 122 valence electrons. The summed E-state index contributed by atoms with van der Waals surface area (Å²) in [5.41, 5.74) is 1.98. The molecule has 0 bridgehead atoms. The molecule has 1 amide bonds. The lowest BCUT2D eigenvalue weighted by molar-refractivity contribution is -0.121. The third kappa shape index (κ3) is 2.89. The fraction of sp³-hybridized carbons (Fsp3) is 0.263. The Morgan fingerprint density at radius 2 is 1.96 bits per heavy atom. The summed E-state index contributed by atoms with van der Waals surface area (Å²) in [5.74, 6) is -0.614. The number of nitrogens with zero attached hydrogens (tertiary/aromatic N) is 2. The van der Waals surface area contributed by atoms with E-state index in [-0.39, 0.29) is 11.9 Å². The summed E-state index contributed by atoms with van der Waals surface area (Å²) >= 11 is 6.08. The van der Waals surface area contributed by atoms with Gasteiger partial charge in [-0.25, -0.2) is 0 Å². The number of benzene rings is 2. The van der Waals surface area contributed by atoms with Gasteiger partial charge in [-0.15, -0.1) is 0 Å². The maximum absolute atomic E-state index is 12.9. The van der Waals surface area contributed by atoms with Gasteiger partial charge >= 0.3 is 0 Å². The zero-order valence-corrected chi connectivity index (χ0v) is 13.9. The first-order valence-corrected chi connectivity index (χ1v) is 8.15. The van der Waals surface area contributed by atoms with Gasteiger partial charge < -0.3 is 10.0 Å². The number of nitriles is 1. The molecule has 1 N–H and O–H groups in total. The minimum atomic E-state index is -0.757. The van der Waals surface area contributed by atoms with Gasteiger partial charge in [0.2, 0.25) is 5.91 Å². The molecule has 0 radical (unpaired) electrons. The van der Waals surface area contributed by atoms with Crippen LogP contribution < -0.4 is 4.90 Å². The van der Waals surface area contributed by atoms with E-state index >= 15 is 0 Å². The Hall–Kier alpha value is -2.35. The van der Waals surface area contributed by atoms with Crippen molar-refractivity contribution in [2.45, 2.75) is 25.5 Å². The quantitative estimate of drug-likeness (QED) is 0.933. The normalized spacial score (nSPS) is 23.3. The van der Waals surface area contributed by atoms with Crippen LogP contribution in [0.1, 0.15) is 18.1 Å². The highest BCUT2D eigenvalue weighted by Gasteiger charge is 2.45. The zero-order valence-electron chi connectivity index (χ0n) is 13.2. The van der Waals surface area contributed by atoms with Crippen LogP contribution in [0, 0.1) is 17.2 Å². The number of hydrogen-bond acceptors (Lipinski definition) is 3. The molecule has 1 saturated heterocycles. The van der Waals surface area contributed by atoms with Crippen molar-refractivity contribution in [3.05, 3.63) is 64.7 Å². The second-order valence-corrected chi connectivity index (χ2v) is 6.42. The summed E-state index contributed by atoms with van der Waals surface area (Å²) < 4.78 is 0. The van der Waals surface area contributed by atoms with Crippen LogP contribution in [0.4, 0.5) is 5.69 Å². The molecular formula is C19H17ClN2O2. The average molecular weight is 341 g/mol. The number of aliphatic hydroxyl groups excluding tert-OH is 1. The second kappa shape index (κ2) is 6.64. The Bertz CT molecular complexity index is 801. The molecule has 3 rings (SSSR count).